The number of rotatable bonds is 6. The fourth-order valence-corrected chi connectivity index (χ4v) is 2.91. The highest BCUT2D eigenvalue weighted by Gasteiger charge is 2.09. The van der Waals surface area contributed by atoms with Gasteiger partial charge in [0.05, 0.1) is 19.0 Å². The number of para-hydroxylation sites is 2. The summed E-state index contributed by atoms with van der Waals surface area (Å²) in [6.07, 6.45) is 10.4. The van der Waals surface area contributed by atoms with Crippen LogP contribution in [-0.4, -0.2) is 13.7 Å². The molecular weight excluding hydrogens is 308 g/mol. The molecule has 25 heavy (non-hydrogen) atoms. The molecule has 0 radical (unpaired) electrons. The molecule has 126 valence electrons. The van der Waals surface area contributed by atoms with E-state index in [1.165, 1.54) is 16.5 Å². The number of aromatic nitrogens is 1. The third kappa shape index (κ3) is 3.95. The van der Waals surface area contributed by atoms with Crippen LogP contribution in [0.2, 0.25) is 0 Å². The Morgan fingerprint density at radius 1 is 0.920 bits per heavy atom. The number of allylic oxidation sites excluding steroid dienone is 2. The second kappa shape index (κ2) is 8.27. The molecule has 0 amide bonds. The fourth-order valence-electron chi connectivity index (χ4n) is 2.91. The van der Waals surface area contributed by atoms with E-state index >= 15 is 0 Å². The monoisotopic (exact) mass is 331 g/mol. The van der Waals surface area contributed by atoms with Gasteiger partial charge in [-0.2, -0.15) is 4.57 Å². The minimum absolute atomic E-state index is 0.630. The molecule has 0 atom stereocenters. The summed E-state index contributed by atoms with van der Waals surface area (Å²) >= 11 is 0. The minimum Gasteiger partial charge on any atom is -0.496 e. The van der Waals surface area contributed by atoms with E-state index in [4.69, 9.17) is 10.5 Å². The maximum absolute atomic E-state index is 5.71. The van der Waals surface area contributed by atoms with Crippen molar-refractivity contribution in [1.29, 1.82) is 0 Å². The van der Waals surface area contributed by atoms with Gasteiger partial charge in [0.2, 0.25) is 5.52 Å². The summed E-state index contributed by atoms with van der Waals surface area (Å²) in [5, 5.41) is 1.22. The smallest absolute Gasteiger partial charge is 0.213 e. The standard InChI is InChI=1S/C22H23N2O/c1-25-22-13-7-4-10-19(22)9-3-2-8-18-14-16-24(17-15-23)21-12-6-5-11-20(18)21/h2-14,16H,15,17,23H2,1H3/q+1/b8-2+,9-3+. The lowest BCUT2D eigenvalue weighted by Crippen LogP contribution is -2.37. The van der Waals surface area contributed by atoms with Crippen molar-refractivity contribution >= 4 is 23.1 Å². The van der Waals surface area contributed by atoms with Crippen LogP contribution in [0.5, 0.6) is 5.75 Å². The lowest BCUT2D eigenvalue weighted by molar-refractivity contribution is -0.668. The molecule has 0 unspecified atom stereocenters. The molecule has 2 aromatic carbocycles. The summed E-state index contributed by atoms with van der Waals surface area (Å²) in [7, 11) is 1.69. The highest BCUT2D eigenvalue weighted by molar-refractivity contribution is 5.85. The molecular formula is C22H23N2O+. The number of benzene rings is 2. The van der Waals surface area contributed by atoms with Crippen LogP contribution >= 0.6 is 0 Å². The van der Waals surface area contributed by atoms with E-state index in [1.54, 1.807) is 7.11 Å². The average Bonchev–Trinajstić information content (AvgIpc) is 2.67. The van der Waals surface area contributed by atoms with Crippen molar-refractivity contribution in [3.8, 4) is 5.75 Å². The predicted molar refractivity (Wildman–Crippen MR) is 104 cm³/mol. The second-order valence-corrected chi connectivity index (χ2v) is 5.73. The van der Waals surface area contributed by atoms with E-state index in [0.29, 0.717) is 6.54 Å². The first-order chi connectivity index (χ1) is 12.3. The number of fused-ring (bicyclic) bond motifs is 1. The zero-order valence-electron chi connectivity index (χ0n) is 14.4. The van der Waals surface area contributed by atoms with E-state index in [0.717, 1.165) is 17.9 Å². The van der Waals surface area contributed by atoms with Crippen LogP contribution in [0, 0.1) is 0 Å². The molecule has 2 N–H and O–H groups in total. The van der Waals surface area contributed by atoms with Crippen molar-refractivity contribution in [2.24, 2.45) is 5.73 Å². The van der Waals surface area contributed by atoms with E-state index in [2.05, 4.69) is 59.3 Å². The van der Waals surface area contributed by atoms with Crippen LogP contribution in [-0.2, 0) is 6.54 Å². The largest absolute Gasteiger partial charge is 0.496 e. The van der Waals surface area contributed by atoms with Crippen LogP contribution in [0.4, 0.5) is 0 Å². The highest BCUT2D eigenvalue weighted by Crippen LogP contribution is 2.19. The summed E-state index contributed by atoms with van der Waals surface area (Å²) in [5.74, 6) is 0.875. The van der Waals surface area contributed by atoms with Crippen LogP contribution < -0.4 is 15.0 Å². The van der Waals surface area contributed by atoms with Crippen LogP contribution in [0.3, 0.4) is 0 Å². The van der Waals surface area contributed by atoms with Crippen molar-refractivity contribution in [3.63, 3.8) is 0 Å². The Morgan fingerprint density at radius 3 is 2.44 bits per heavy atom. The molecule has 0 spiro atoms. The van der Waals surface area contributed by atoms with Gasteiger partial charge in [-0.1, -0.05) is 54.6 Å². The minimum atomic E-state index is 0.630. The van der Waals surface area contributed by atoms with Crippen molar-refractivity contribution in [1.82, 2.24) is 0 Å². The Morgan fingerprint density at radius 2 is 1.64 bits per heavy atom. The second-order valence-electron chi connectivity index (χ2n) is 5.73. The van der Waals surface area contributed by atoms with Crippen molar-refractivity contribution < 1.29 is 9.30 Å². The van der Waals surface area contributed by atoms with E-state index in [-0.39, 0.29) is 0 Å². The lowest BCUT2D eigenvalue weighted by Gasteiger charge is -2.03. The van der Waals surface area contributed by atoms with Crippen molar-refractivity contribution in [2.75, 3.05) is 13.7 Å². The molecule has 3 nitrogen and oxygen atoms in total. The first-order valence-electron chi connectivity index (χ1n) is 8.42. The van der Waals surface area contributed by atoms with Crippen LogP contribution in [0.1, 0.15) is 11.1 Å². The number of hydrogen-bond acceptors (Lipinski definition) is 2. The Balaban J connectivity index is 1.87. The van der Waals surface area contributed by atoms with E-state index in [1.807, 2.05) is 30.3 Å². The van der Waals surface area contributed by atoms with Crippen molar-refractivity contribution in [2.45, 2.75) is 6.54 Å². The summed E-state index contributed by atoms with van der Waals surface area (Å²) in [6.45, 7) is 1.45. The molecule has 0 aliphatic carbocycles. The SMILES string of the molecule is COc1ccccc1/C=C/C=C/c1cc[n+](CCN)c2ccccc12. The molecule has 0 aliphatic rings. The number of nitrogens with zero attached hydrogens (tertiary/aromatic N) is 1. The summed E-state index contributed by atoms with van der Waals surface area (Å²) < 4.78 is 7.56. The number of hydrogen-bond donors (Lipinski definition) is 1. The average molecular weight is 331 g/mol. The maximum atomic E-state index is 5.71. The molecule has 0 bridgehead atoms. The van der Waals surface area contributed by atoms with Crippen LogP contribution in [0.25, 0.3) is 23.1 Å². The van der Waals surface area contributed by atoms with Gasteiger partial charge in [-0.25, -0.2) is 0 Å². The van der Waals surface area contributed by atoms with Gasteiger partial charge in [-0.05, 0) is 17.7 Å². The summed E-state index contributed by atoms with van der Waals surface area (Å²) in [4.78, 5) is 0. The van der Waals surface area contributed by atoms with Gasteiger partial charge < -0.3 is 10.5 Å². The van der Waals surface area contributed by atoms with Gasteiger partial charge in [0.25, 0.3) is 0 Å². The summed E-state index contributed by atoms with van der Waals surface area (Å²) in [5.41, 5.74) is 9.16. The molecule has 0 aliphatic heterocycles. The topological polar surface area (TPSA) is 39.1 Å². The third-order valence-electron chi connectivity index (χ3n) is 4.13. The Bertz CT molecular complexity index is 913. The molecule has 1 heterocycles. The molecule has 1 aromatic heterocycles. The van der Waals surface area contributed by atoms with Gasteiger partial charge in [0.15, 0.2) is 12.7 Å². The Hall–Kier alpha value is -2.91. The Kier molecular flexibility index (Phi) is 5.60. The van der Waals surface area contributed by atoms with Crippen LogP contribution in [0.15, 0.2) is 72.9 Å². The lowest BCUT2D eigenvalue weighted by atomic mass is 10.1. The fraction of sp³-hybridized carbons (Fsp3) is 0.136. The number of methoxy groups -OCH3 is 1. The van der Waals surface area contributed by atoms with Gasteiger partial charge in [-0.15, -0.1) is 0 Å². The molecule has 3 rings (SSSR count). The molecule has 0 fully saturated rings. The summed E-state index contributed by atoms with van der Waals surface area (Å²) in [6, 6.07) is 18.5. The molecule has 3 heteroatoms. The zero-order chi connectivity index (χ0) is 17.5. The molecule has 3 aromatic rings. The zero-order valence-corrected chi connectivity index (χ0v) is 14.4. The van der Waals surface area contributed by atoms with E-state index in [9.17, 15) is 0 Å². The van der Waals surface area contributed by atoms with Crippen molar-refractivity contribution in [3.05, 3.63) is 84.1 Å². The Labute approximate surface area is 148 Å². The van der Waals surface area contributed by atoms with E-state index < -0.39 is 0 Å². The normalized spacial score (nSPS) is 11.6. The number of ether oxygens (including phenoxy) is 1. The van der Waals surface area contributed by atoms with Gasteiger partial charge in [-0.3, -0.25) is 0 Å². The first kappa shape index (κ1) is 16.9. The third-order valence-corrected chi connectivity index (χ3v) is 4.13. The van der Waals surface area contributed by atoms with Gasteiger partial charge in [0.1, 0.15) is 5.75 Å². The maximum Gasteiger partial charge on any atom is 0.213 e. The number of pyridine rings is 1. The highest BCUT2D eigenvalue weighted by atomic mass is 16.5. The number of nitrogens with two attached hydrogens (primary N) is 1. The molecule has 0 saturated carbocycles. The predicted octanol–water partition coefficient (Wildman–Crippen LogP) is 3.82. The van der Waals surface area contributed by atoms with Gasteiger partial charge >= 0.3 is 0 Å². The quantitative estimate of drug-likeness (QED) is 0.551. The molecule has 0 saturated heterocycles. The van der Waals surface area contributed by atoms with Gasteiger partial charge in [0, 0.05) is 17.7 Å². The first-order valence-corrected chi connectivity index (χ1v) is 8.42.